The van der Waals surface area contributed by atoms with Gasteiger partial charge in [0, 0.05) is 17.6 Å². The van der Waals surface area contributed by atoms with Gasteiger partial charge in [-0.2, -0.15) is 0 Å². The van der Waals surface area contributed by atoms with Gasteiger partial charge in [-0.1, -0.05) is 36.0 Å². The first-order valence-electron chi connectivity index (χ1n) is 6.49. The zero-order valence-corrected chi connectivity index (χ0v) is 14.4. The maximum atomic E-state index is 12.2. The van der Waals surface area contributed by atoms with E-state index in [0.29, 0.717) is 27.1 Å². The molecule has 2 aromatic carbocycles. The summed E-state index contributed by atoms with van der Waals surface area (Å²) >= 11 is 16.0. The Labute approximate surface area is 149 Å². The van der Waals surface area contributed by atoms with E-state index in [2.05, 4.69) is 23.4 Å². The minimum atomic E-state index is -0.496. The maximum Gasteiger partial charge on any atom is 0.336 e. The van der Waals surface area contributed by atoms with E-state index in [1.165, 1.54) is 6.92 Å². The molecule has 8 heteroatoms. The predicted molar refractivity (Wildman–Crippen MR) is 97.7 cm³/mol. The van der Waals surface area contributed by atoms with E-state index in [-0.39, 0.29) is 5.91 Å². The van der Waals surface area contributed by atoms with Crippen LogP contribution < -0.4 is 14.9 Å². The van der Waals surface area contributed by atoms with Crippen LogP contribution in [0.25, 0.3) is 0 Å². The van der Waals surface area contributed by atoms with Crippen molar-refractivity contribution in [1.82, 2.24) is 0 Å². The maximum absolute atomic E-state index is 12.2. The summed E-state index contributed by atoms with van der Waals surface area (Å²) in [7, 11) is 0. The Morgan fingerprint density at radius 2 is 1.70 bits per heavy atom. The van der Waals surface area contributed by atoms with Gasteiger partial charge in [0.1, 0.15) is 0 Å². The Balaban J connectivity index is 2.10. The van der Waals surface area contributed by atoms with Crippen LogP contribution in [0.2, 0.25) is 10.0 Å². The van der Waals surface area contributed by atoms with Crippen molar-refractivity contribution >= 4 is 65.0 Å². The van der Waals surface area contributed by atoms with Crippen LogP contribution >= 0.6 is 36.0 Å². The molecule has 0 fully saturated rings. The highest BCUT2D eigenvalue weighted by atomic mass is 35.5. The molecule has 0 aliphatic carbocycles. The molecule has 0 aliphatic heterocycles. The number of carbonyl (C=O) groups is 2. The summed E-state index contributed by atoms with van der Waals surface area (Å²) in [6.07, 6.45) is 0. The highest BCUT2D eigenvalue weighted by Crippen LogP contribution is 2.27. The molecular formula is C15H13Cl2N3O2S. The highest BCUT2D eigenvalue weighted by molar-refractivity contribution is 7.82. The summed E-state index contributed by atoms with van der Waals surface area (Å²) in [4.78, 5) is 23.2. The summed E-state index contributed by atoms with van der Waals surface area (Å²) < 4.78 is 1.12. The number of halogens is 2. The number of rotatable bonds is 3. The van der Waals surface area contributed by atoms with Crippen LogP contribution in [0.1, 0.15) is 6.92 Å². The van der Waals surface area contributed by atoms with Crippen molar-refractivity contribution in [3.63, 3.8) is 0 Å². The summed E-state index contributed by atoms with van der Waals surface area (Å²) in [6, 6.07) is 10.9. The quantitative estimate of drug-likeness (QED) is 0.678. The van der Waals surface area contributed by atoms with E-state index >= 15 is 0 Å². The summed E-state index contributed by atoms with van der Waals surface area (Å²) in [6.45, 7) is 1.42. The fraction of sp³-hybridized carbons (Fsp3) is 0.0667. The minimum absolute atomic E-state index is 0.172. The average molecular weight is 370 g/mol. The normalized spacial score (nSPS) is 10.1. The number of urea groups is 1. The van der Waals surface area contributed by atoms with Crippen LogP contribution in [0, 0.1) is 0 Å². The van der Waals surface area contributed by atoms with Crippen LogP contribution in [-0.4, -0.2) is 11.9 Å². The molecule has 0 aliphatic rings. The third kappa shape index (κ3) is 4.79. The molecule has 2 rings (SSSR count). The van der Waals surface area contributed by atoms with Crippen molar-refractivity contribution < 1.29 is 9.59 Å². The van der Waals surface area contributed by atoms with E-state index in [0.717, 1.165) is 4.31 Å². The molecule has 0 atom stereocenters. The number of hydrogen-bond acceptors (Lipinski definition) is 3. The van der Waals surface area contributed by atoms with Gasteiger partial charge in [0.15, 0.2) is 0 Å². The number of carbonyl (C=O) groups excluding carboxylic acids is 2. The Morgan fingerprint density at radius 3 is 2.30 bits per heavy atom. The van der Waals surface area contributed by atoms with Gasteiger partial charge in [-0.15, -0.1) is 0 Å². The zero-order valence-electron chi connectivity index (χ0n) is 12.0. The standard InChI is InChI=1S/C15H13Cl2N3O2S/c1-9(21)18-11-3-5-12(6-4-11)20(23)15(22)19-14-8-10(16)2-7-13(14)17/h2-8,23H,1H3,(H,18,21)(H,19,22). The SMILES string of the molecule is CC(=O)Nc1ccc(N(S)C(=O)Nc2cc(Cl)ccc2Cl)cc1. The smallest absolute Gasteiger partial charge is 0.326 e. The molecule has 0 radical (unpaired) electrons. The summed E-state index contributed by atoms with van der Waals surface area (Å²) in [5.74, 6) is -0.172. The molecular weight excluding hydrogens is 357 g/mol. The van der Waals surface area contributed by atoms with E-state index in [1.807, 2.05) is 0 Å². The number of nitrogens with one attached hydrogen (secondary N) is 2. The second-order valence-electron chi connectivity index (χ2n) is 4.59. The Kier molecular flexibility index (Phi) is 5.76. The average Bonchev–Trinajstić information content (AvgIpc) is 2.50. The molecule has 2 aromatic rings. The van der Waals surface area contributed by atoms with Gasteiger partial charge >= 0.3 is 6.03 Å². The molecule has 0 saturated carbocycles. The van der Waals surface area contributed by atoms with Gasteiger partial charge in [0.05, 0.1) is 16.4 Å². The van der Waals surface area contributed by atoms with Crippen molar-refractivity contribution in [2.45, 2.75) is 6.92 Å². The number of hydrogen-bond donors (Lipinski definition) is 3. The van der Waals surface area contributed by atoms with Crippen molar-refractivity contribution in [2.24, 2.45) is 0 Å². The first-order valence-corrected chi connectivity index (χ1v) is 7.65. The Bertz CT molecular complexity index is 738. The third-order valence-corrected chi connectivity index (χ3v) is 3.77. The molecule has 2 N–H and O–H groups in total. The van der Waals surface area contributed by atoms with Gasteiger partial charge in [-0.3, -0.25) is 4.79 Å². The fourth-order valence-corrected chi connectivity index (χ4v) is 2.29. The van der Waals surface area contributed by atoms with Gasteiger partial charge in [0.25, 0.3) is 0 Å². The van der Waals surface area contributed by atoms with Gasteiger partial charge < -0.3 is 10.6 Å². The molecule has 0 saturated heterocycles. The molecule has 0 spiro atoms. The molecule has 0 heterocycles. The molecule has 3 amide bonds. The molecule has 0 unspecified atom stereocenters. The molecule has 23 heavy (non-hydrogen) atoms. The van der Waals surface area contributed by atoms with Crippen LogP contribution in [0.15, 0.2) is 42.5 Å². The highest BCUT2D eigenvalue weighted by Gasteiger charge is 2.14. The zero-order chi connectivity index (χ0) is 17.0. The van der Waals surface area contributed by atoms with Gasteiger partial charge in [-0.05, 0) is 42.5 Å². The largest absolute Gasteiger partial charge is 0.336 e. The number of nitrogens with zero attached hydrogens (tertiary/aromatic N) is 1. The van der Waals surface area contributed by atoms with Gasteiger partial charge in [0.2, 0.25) is 5.91 Å². The second-order valence-corrected chi connectivity index (χ2v) is 5.84. The van der Waals surface area contributed by atoms with Crippen molar-refractivity contribution in [2.75, 3.05) is 14.9 Å². The first kappa shape index (κ1) is 17.5. The molecule has 0 bridgehead atoms. The molecule has 5 nitrogen and oxygen atoms in total. The summed E-state index contributed by atoms with van der Waals surface area (Å²) in [5.41, 5.74) is 1.54. The molecule has 120 valence electrons. The fourth-order valence-electron chi connectivity index (χ4n) is 1.77. The van der Waals surface area contributed by atoms with Crippen molar-refractivity contribution in [3.05, 3.63) is 52.5 Å². The lowest BCUT2D eigenvalue weighted by atomic mass is 10.2. The second kappa shape index (κ2) is 7.59. The van der Waals surface area contributed by atoms with Crippen molar-refractivity contribution in [1.29, 1.82) is 0 Å². The van der Waals surface area contributed by atoms with E-state index in [9.17, 15) is 9.59 Å². The lowest BCUT2D eigenvalue weighted by molar-refractivity contribution is -0.114. The Hall–Kier alpha value is -1.89. The van der Waals surface area contributed by atoms with E-state index in [1.54, 1.807) is 42.5 Å². The van der Waals surface area contributed by atoms with Crippen LogP contribution in [-0.2, 0) is 4.79 Å². The van der Waals surface area contributed by atoms with Crippen LogP contribution in [0.4, 0.5) is 21.9 Å². The number of anilines is 3. The summed E-state index contributed by atoms with van der Waals surface area (Å²) in [5, 5.41) is 6.08. The monoisotopic (exact) mass is 369 g/mol. The lowest BCUT2D eigenvalue weighted by Gasteiger charge is -2.17. The lowest BCUT2D eigenvalue weighted by Crippen LogP contribution is -2.26. The third-order valence-electron chi connectivity index (χ3n) is 2.79. The van der Waals surface area contributed by atoms with Crippen molar-refractivity contribution in [3.8, 4) is 0 Å². The minimum Gasteiger partial charge on any atom is -0.326 e. The Morgan fingerprint density at radius 1 is 1.04 bits per heavy atom. The van der Waals surface area contributed by atoms with E-state index in [4.69, 9.17) is 23.2 Å². The number of benzene rings is 2. The topological polar surface area (TPSA) is 61.4 Å². The first-order chi connectivity index (χ1) is 10.9. The number of amides is 3. The predicted octanol–water partition coefficient (Wildman–Crippen LogP) is 4.84. The van der Waals surface area contributed by atoms with Crippen LogP contribution in [0.5, 0.6) is 0 Å². The van der Waals surface area contributed by atoms with E-state index < -0.39 is 6.03 Å². The van der Waals surface area contributed by atoms with Crippen LogP contribution in [0.3, 0.4) is 0 Å². The number of thiol groups is 1. The molecule has 0 aromatic heterocycles. The van der Waals surface area contributed by atoms with Gasteiger partial charge in [-0.25, -0.2) is 9.10 Å².